The third-order valence-electron chi connectivity index (χ3n) is 5.37. The van der Waals surface area contributed by atoms with Crippen LogP contribution >= 0.6 is 0 Å². The van der Waals surface area contributed by atoms with Crippen molar-refractivity contribution in [2.45, 2.75) is 17.9 Å². The summed E-state index contributed by atoms with van der Waals surface area (Å²) in [6.07, 6.45) is 0.0757. The van der Waals surface area contributed by atoms with Gasteiger partial charge in [-0.15, -0.1) is 0 Å². The van der Waals surface area contributed by atoms with Crippen LogP contribution in [0.3, 0.4) is 0 Å². The van der Waals surface area contributed by atoms with Gasteiger partial charge in [0.15, 0.2) is 0 Å². The Labute approximate surface area is 194 Å². The first-order chi connectivity index (χ1) is 15.8. The first kappa shape index (κ1) is 24.2. The van der Waals surface area contributed by atoms with Gasteiger partial charge in [-0.2, -0.15) is 5.26 Å². The highest BCUT2D eigenvalue weighted by atomic mass is 32.2. The summed E-state index contributed by atoms with van der Waals surface area (Å²) in [5.41, 5.74) is 1.43. The molecule has 3 amide bonds. The SMILES string of the molecule is CN(Cc1ccccc1)C(=O)N1CCN(C(=O)c2ccc(S(=O)(=O)NCCC#N)cc2)CC1. The van der Waals surface area contributed by atoms with Crippen LogP contribution in [0.25, 0.3) is 0 Å². The van der Waals surface area contributed by atoms with E-state index in [2.05, 4.69) is 4.72 Å². The number of sulfonamides is 1. The van der Waals surface area contributed by atoms with Gasteiger partial charge in [0, 0.05) is 58.3 Å². The summed E-state index contributed by atoms with van der Waals surface area (Å²) in [6, 6.07) is 17.3. The van der Waals surface area contributed by atoms with Crippen LogP contribution in [0.1, 0.15) is 22.3 Å². The smallest absolute Gasteiger partial charge is 0.320 e. The minimum Gasteiger partial charge on any atom is -0.335 e. The van der Waals surface area contributed by atoms with Crippen molar-refractivity contribution in [3.63, 3.8) is 0 Å². The maximum atomic E-state index is 12.8. The fourth-order valence-electron chi connectivity index (χ4n) is 3.55. The van der Waals surface area contributed by atoms with E-state index in [1.54, 1.807) is 21.7 Å². The van der Waals surface area contributed by atoms with Gasteiger partial charge in [-0.3, -0.25) is 4.79 Å². The Balaban J connectivity index is 1.53. The summed E-state index contributed by atoms with van der Waals surface area (Å²) in [7, 11) is -1.96. The third kappa shape index (κ3) is 6.31. The summed E-state index contributed by atoms with van der Waals surface area (Å²) >= 11 is 0. The summed E-state index contributed by atoms with van der Waals surface area (Å²) in [6.45, 7) is 2.21. The molecule has 1 aliphatic heterocycles. The lowest BCUT2D eigenvalue weighted by molar-refractivity contribution is 0.0644. The van der Waals surface area contributed by atoms with E-state index in [-0.39, 0.29) is 29.8 Å². The number of amides is 3. The van der Waals surface area contributed by atoms with Crippen molar-refractivity contribution in [2.24, 2.45) is 0 Å². The maximum Gasteiger partial charge on any atom is 0.320 e. The van der Waals surface area contributed by atoms with Crippen LogP contribution in [-0.2, 0) is 16.6 Å². The lowest BCUT2D eigenvalue weighted by Gasteiger charge is -2.36. The van der Waals surface area contributed by atoms with Gasteiger partial charge in [0.05, 0.1) is 11.0 Å². The van der Waals surface area contributed by atoms with Crippen molar-refractivity contribution in [1.29, 1.82) is 5.26 Å². The van der Waals surface area contributed by atoms with Crippen LogP contribution in [0.15, 0.2) is 59.5 Å². The zero-order chi connectivity index (χ0) is 23.8. The van der Waals surface area contributed by atoms with Gasteiger partial charge in [0.1, 0.15) is 0 Å². The zero-order valence-corrected chi connectivity index (χ0v) is 19.3. The first-order valence-corrected chi connectivity index (χ1v) is 12.1. The highest BCUT2D eigenvalue weighted by Crippen LogP contribution is 2.15. The summed E-state index contributed by atoms with van der Waals surface area (Å²) in [4.78, 5) is 30.7. The molecule has 1 N–H and O–H groups in total. The molecule has 9 nitrogen and oxygen atoms in total. The monoisotopic (exact) mass is 469 g/mol. The van der Waals surface area contributed by atoms with Crippen molar-refractivity contribution in [3.05, 3.63) is 65.7 Å². The average Bonchev–Trinajstić information content (AvgIpc) is 2.84. The molecule has 10 heteroatoms. The average molecular weight is 470 g/mol. The van der Waals surface area contributed by atoms with Crippen molar-refractivity contribution in [3.8, 4) is 6.07 Å². The molecule has 1 heterocycles. The molecule has 0 aliphatic carbocycles. The highest BCUT2D eigenvalue weighted by Gasteiger charge is 2.27. The van der Waals surface area contributed by atoms with Crippen molar-refractivity contribution in [1.82, 2.24) is 19.4 Å². The minimum absolute atomic E-state index is 0.0308. The molecule has 3 rings (SSSR count). The lowest BCUT2D eigenvalue weighted by Crippen LogP contribution is -2.53. The number of urea groups is 1. The van der Waals surface area contributed by atoms with E-state index >= 15 is 0 Å². The Kier molecular flexibility index (Phi) is 8.03. The normalized spacial score (nSPS) is 13.9. The standard InChI is InChI=1S/C23H27N5O4S/c1-26(18-19-6-3-2-4-7-19)23(30)28-16-14-27(15-17-28)22(29)20-8-10-21(11-9-20)33(31,32)25-13-5-12-24/h2-4,6-11,25H,5,13-18H2,1H3. The fraction of sp³-hybridized carbons (Fsp3) is 0.348. The molecule has 1 fully saturated rings. The number of rotatable bonds is 7. The summed E-state index contributed by atoms with van der Waals surface area (Å²) < 4.78 is 26.7. The first-order valence-electron chi connectivity index (χ1n) is 10.6. The van der Waals surface area contributed by atoms with E-state index in [9.17, 15) is 18.0 Å². The van der Waals surface area contributed by atoms with Crippen LogP contribution in [0, 0.1) is 11.3 Å². The van der Waals surface area contributed by atoms with Gasteiger partial charge < -0.3 is 14.7 Å². The number of carbonyl (C=O) groups is 2. The second-order valence-electron chi connectivity index (χ2n) is 7.73. The van der Waals surface area contributed by atoms with Gasteiger partial charge >= 0.3 is 6.03 Å². The molecule has 2 aromatic rings. The maximum absolute atomic E-state index is 12.8. The molecule has 0 saturated carbocycles. The topological polar surface area (TPSA) is 114 Å². The molecule has 0 spiro atoms. The number of carbonyl (C=O) groups excluding carboxylic acids is 2. The molecule has 0 atom stereocenters. The number of hydrogen-bond donors (Lipinski definition) is 1. The molecule has 1 saturated heterocycles. The minimum atomic E-state index is -3.72. The van der Waals surface area contributed by atoms with Crippen LogP contribution in [0.5, 0.6) is 0 Å². The molecule has 0 aromatic heterocycles. The predicted octanol–water partition coefficient (Wildman–Crippen LogP) is 1.89. The van der Waals surface area contributed by atoms with Crippen molar-refractivity contribution in [2.75, 3.05) is 39.8 Å². The number of nitriles is 1. The fourth-order valence-corrected chi connectivity index (χ4v) is 4.58. The second kappa shape index (κ2) is 10.9. The number of nitrogens with zero attached hydrogens (tertiary/aromatic N) is 4. The van der Waals surface area contributed by atoms with Gasteiger partial charge in [0.2, 0.25) is 10.0 Å². The molecule has 1 aliphatic rings. The quantitative estimate of drug-likeness (QED) is 0.622. The molecule has 0 bridgehead atoms. The highest BCUT2D eigenvalue weighted by molar-refractivity contribution is 7.89. The largest absolute Gasteiger partial charge is 0.335 e. The van der Waals surface area contributed by atoms with Gasteiger partial charge in [0.25, 0.3) is 5.91 Å². The number of benzene rings is 2. The van der Waals surface area contributed by atoms with E-state index in [4.69, 9.17) is 5.26 Å². The van der Waals surface area contributed by atoms with Gasteiger partial charge in [-0.25, -0.2) is 17.9 Å². The van der Waals surface area contributed by atoms with E-state index in [1.165, 1.54) is 24.3 Å². The van der Waals surface area contributed by atoms with Crippen molar-refractivity contribution >= 4 is 22.0 Å². The Morgan fingerprint density at radius 1 is 1.00 bits per heavy atom. The summed E-state index contributed by atoms with van der Waals surface area (Å²) in [5.74, 6) is -0.207. The molecule has 0 unspecified atom stereocenters. The Bertz CT molecular complexity index is 1110. The zero-order valence-electron chi connectivity index (χ0n) is 18.5. The molecular formula is C23H27N5O4S. The van der Waals surface area contributed by atoms with Gasteiger partial charge in [-0.05, 0) is 29.8 Å². The Morgan fingerprint density at radius 3 is 2.21 bits per heavy atom. The molecule has 2 aromatic carbocycles. The predicted molar refractivity (Wildman–Crippen MR) is 123 cm³/mol. The Morgan fingerprint density at radius 2 is 1.61 bits per heavy atom. The third-order valence-corrected chi connectivity index (χ3v) is 6.84. The van der Waals surface area contributed by atoms with E-state index < -0.39 is 10.0 Å². The lowest BCUT2D eigenvalue weighted by atomic mass is 10.2. The van der Waals surface area contributed by atoms with Crippen LogP contribution in [-0.4, -0.2) is 74.8 Å². The second-order valence-corrected chi connectivity index (χ2v) is 9.50. The van der Waals surface area contributed by atoms with Crippen LogP contribution < -0.4 is 4.72 Å². The van der Waals surface area contributed by atoms with E-state index in [0.717, 1.165) is 5.56 Å². The van der Waals surface area contributed by atoms with Crippen LogP contribution in [0.4, 0.5) is 4.79 Å². The van der Waals surface area contributed by atoms with E-state index in [1.807, 2.05) is 36.4 Å². The van der Waals surface area contributed by atoms with Crippen LogP contribution in [0.2, 0.25) is 0 Å². The summed E-state index contributed by atoms with van der Waals surface area (Å²) in [5, 5.41) is 8.54. The molecule has 174 valence electrons. The molecule has 0 radical (unpaired) electrons. The van der Waals surface area contributed by atoms with Crippen molar-refractivity contribution < 1.29 is 18.0 Å². The number of nitrogens with one attached hydrogen (secondary N) is 1. The Hall–Kier alpha value is -3.42. The van der Waals surface area contributed by atoms with Gasteiger partial charge in [-0.1, -0.05) is 30.3 Å². The van der Waals surface area contributed by atoms with E-state index in [0.29, 0.717) is 38.3 Å². The number of piperazine rings is 1. The molecule has 33 heavy (non-hydrogen) atoms. The molecular weight excluding hydrogens is 442 g/mol. The number of hydrogen-bond acceptors (Lipinski definition) is 5.